The Bertz CT molecular complexity index is 161. The van der Waals surface area contributed by atoms with Crippen LogP contribution in [-0.2, 0) is 9.47 Å². The molecule has 0 aromatic heterocycles. The summed E-state index contributed by atoms with van der Waals surface area (Å²) in [4.78, 5) is 2.44. The zero-order valence-electron chi connectivity index (χ0n) is 9.82. The van der Waals surface area contributed by atoms with Crippen LogP contribution in [0.4, 0.5) is 0 Å². The van der Waals surface area contributed by atoms with Gasteiger partial charge in [-0.05, 0) is 27.7 Å². The van der Waals surface area contributed by atoms with Crippen molar-refractivity contribution in [3.8, 4) is 0 Å². The molecule has 84 valence electrons. The van der Waals surface area contributed by atoms with E-state index in [0.29, 0.717) is 18.2 Å². The predicted octanol–water partition coefficient (Wildman–Crippen LogP) is 1.52. The molecule has 1 fully saturated rings. The smallest absolute Gasteiger partial charge is 0.0674 e. The number of ether oxygens (including phenoxy) is 2. The molecule has 1 saturated heterocycles. The number of hydrogen-bond acceptors (Lipinski definition) is 3. The lowest BCUT2D eigenvalue weighted by molar-refractivity contribution is -0.0599. The van der Waals surface area contributed by atoms with Crippen LogP contribution in [0.25, 0.3) is 0 Å². The highest BCUT2D eigenvalue weighted by Crippen LogP contribution is 2.10. The van der Waals surface area contributed by atoms with E-state index in [0.717, 1.165) is 26.3 Å². The first-order valence-corrected chi connectivity index (χ1v) is 5.57. The molecule has 0 spiro atoms. The van der Waals surface area contributed by atoms with Gasteiger partial charge in [-0.15, -0.1) is 0 Å². The van der Waals surface area contributed by atoms with Gasteiger partial charge in [0.05, 0.1) is 25.4 Å². The van der Waals surface area contributed by atoms with E-state index in [1.807, 2.05) is 0 Å². The molecular weight excluding hydrogens is 178 g/mol. The topological polar surface area (TPSA) is 21.7 Å². The first-order valence-electron chi connectivity index (χ1n) is 5.57. The number of rotatable bonds is 4. The lowest BCUT2D eigenvalue weighted by atomic mass is 10.2. The van der Waals surface area contributed by atoms with Gasteiger partial charge in [0, 0.05) is 19.1 Å². The van der Waals surface area contributed by atoms with Crippen molar-refractivity contribution in [2.24, 2.45) is 0 Å². The largest absolute Gasteiger partial charge is 0.377 e. The fraction of sp³-hybridized carbons (Fsp3) is 1.00. The van der Waals surface area contributed by atoms with Gasteiger partial charge in [0.15, 0.2) is 0 Å². The third-order valence-corrected chi connectivity index (χ3v) is 2.57. The maximum atomic E-state index is 5.57. The third-order valence-electron chi connectivity index (χ3n) is 2.57. The van der Waals surface area contributed by atoms with Crippen LogP contribution < -0.4 is 0 Å². The maximum Gasteiger partial charge on any atom is 0.0674 e. The van der Waals surface area contributed by atoms with Crippen molar-refractivity contribution in [3.05, 3.63) is 0 Å². The van der Waals surface area contributed by atoms with Crippen LogP contribution in [0, 0.1) is 0 Å². The summed E-state index contributed by atoms with van der Waals surface area (Å²) in [5.74, 6) is 0. The van der Waals surface area contributed by atoms with Crippen LogP contribution in [-0.4, -0.2) is 49.5 Å². The summed E-state index contributed by atoms with van der Waals surface area (Å²) in [6.07, 6.45) is 0.703. The van der Waals surface area contributed by atoms with Crippen molar-refractivity contribution in [2.75, 3.05) is 26.3 Å². The Labute approximate surface area is 87.4 Å². The summed E-state index contributed by atoms with van der Waals surface area (Å²) in [7, 11) is 0. The minimum atomic E-state index is 0.337. The molecule has 1 aliphatic heterocycles. The van der Waals surface area contributed by atoms with Gasteiger partial charge >= 0.3 is 0 Å². The van der Waals surface area contributed by atoms with Crippen molar-refractivity contribution in [1.82, 2.24) is 4.90 Å². The van der Waals surface area contributed by atoms with Gasteiger partial charge in [-0.3, -0.25) is 4.90 Å². The average Bonchev–Trinajstić information content (AvgIpc) is 2.10. The van der Waals surface area contributed by atoms with E-state index in [4.69, 9.17) is 9.47 Å². The molecule has 0 aliphatic carbocycles. The summed E-state index contributed by atoms with van der Waals surface area (Å²) in [5, 5.41) is 0. The molecule has 1 rings (SSSR count). The Hall–Kier alpha value is -0.120. The lowest BCUT2D eigenvalue weighted by Crippen LogP contribution is -2.48. The van der Waals surface area contributed by atoms with Gasteiger partial charge in [0.1, 0.15) is 0 Å². The first-order chi connectivity index (χ1) is 6.59. The molecule has 2 unspecified atom stereocenters. The fourth-order valence-corrected chi connectivity index (χ4v) is 1.69. The van der Waals surface area contributed by atoms with Crippen LogP contribution in [0.15, 0.2) is 0 Å². The molecule has 0 amide bonds. The maximum absolute atomic E-state index is 5.57. The average molecular weight is 201 g/mol. The van der Waals surface area contributed by atoms with Crippen molar-refractivity contribution in [3.63, 3.8) is 0 Å². The third kappa shape index (κ3) is 3.95. The van der Waals surface area contributed by atoms with Gasteiger partial charge in [0.2, 0.25) is 0 Å². The molecule has 0 saturated carbocycles. The van der Waals surface area contributed by atoms with Crippen molar-refractivity contribution in [1.29, 1.82) is 0 Å². The summed E-state index contributed by atoms with van der Waals surface area (Å²) in [6.45, 7) is 12.2. The zero-order chi connectivity index (χ0) is 10.6. The molecule has 14 heavy (non-hydrogen) atoms. The summed E-state index contributed by atoms with van der Waals surface area (Å²) >= 11 is 0. The summed E-state index contributed by atoms with van der Waals surface area (Å²) in [5.41, 5.74) is 0. The van der Waals surface area contributed by atoms with E-state index in [1.54, 1.807) is 0 Å². The van der Waals surface area contributed by atoms with E-state index >= 15 is 0 Å². The first kappa shape index (κ1) is 12.0. The van der Waals surface area contributed by atoms with Crippen molar-refractivity contribution in [2.45, 2.75) is 45.9 Å². The van der Waals surface area contributed by atoms with E-state index in [9.17, 15) is 0 Å². The monoisotopic (exact) mass is 201 g/mol. The van der Waals surface area contributed by atoms with Crippen LogP contribution in [0.5, 0.6) is 0 Å². The fourth-order valence-electron chi connectivity index (χ4n) is 1.69. The number of morpholine rings is 1. The minimum absolute atomic E-state index is 0.337. The minimum Gasteiger partial charge on any atom is -0.377 e. The molecule has 2 atom stereocenters. The Morgan fingerprint density at radius 2 is 2.14 bits per heavy atom. The quantitative estimate of drug-likeness (QED) is 0.688. The predicted molar refractivity (Wildman–Crippen MR) is 57.5 cm³/mol. The molecule has 0 bridgehead atoms. The van der Waals surface area contributed by atoms with Gasteiger partial charge in [-0.2, -0.15) is 0 Å². The van der Waals surface area contributed by atoms with Gasteiger partial charge in [-0.1, -0.05) is 0 Å². The second-order valence-corrected chi connectivity index (χ2v) is 4.41. The Morgan fingerprint density at radius 1 is 1.43 bits per heavy atom. The molecule has 0 radical (unpaired) electrons. The molecule has 1 aliphatic rings. The van der Waals surface area contributed by atoms with Gasteiger partial charge in [0.25, 0.3) is 0 Å². The second kappa shape index (κ2) is 5.69. The standard InChI is InChI=1S/C11H23NO2/c1-9(2)13-6-5-12-7-11(4)14-8-10(12)3/h9-11H,5-8H2,1-4H3. The highest BCUT2D eigenvalue weighted by Gasteiger charge is 2.22. The molecule has 3 nitrogen and oxygen atoms in total. The zero-order valence-corrected chi connectivity index (χ0v) is 9.82. The molecule has 3 heteroatoms. The van der Waals surface area contributed by atoms with E-state index in [-0.39, 0.29) is 0 Å². The summed E-state index contributed by atoms with van der Waals surface area (Å²) < 4.78 is 11.1. The van der Waals surface area contributed by atoms with Crippen molar-refractivity contribution < 1.29 is 9.47 Å². The SMILES string of the molecule is CC(C)OCCN1CC(C)OCC1C. The molecule has 1 heterocycles. The van der Waals surface area contributed by atoms with Crippen molar-refractivity contribution >= 4 is 0 Å². The van der Waals surface area contributed by atoms with Crippen LogP contribution in [0.2, 0.25) is 0 Å². The summed E-state index contributed by atoms with van der Waals surface area (Å²) in [6, 6.07) is 0.530. The Morgan fingerprint density at radius 3 is 2.79 bits per heavy atom. The number of hydrogen-bond donors (Lipinski definition) is 0. The Balaban J connectivity index is 2.20. The van der Waals surface area contributed by atoms with Crippen LogP contribution in [0.3, 0.4) is 0 Å². The molecule has 0 aromatic rings. The van der Waals surface area contributed by atoms with Gasteiger partial charge in [-0.25, -0.2) is 0 Å². The molecule has 0 N–H and O–H groups in total. The number of nitrogens with zero attached hydrogens (tertiary/aromatic N) is 1. The lowest BCUT2D eigenvalue weighted by Gasteiger charge is -2.36. The van der Waals surface area contributed by atoms with E-state index in [1.165, 1.54) is 0 Å². The molecular formula is C11H23NO2. The molecule has 0 aromatic carbocycles. The van der Waals surface area contributed by atoms with E-state index in [2.05, 4.69) is 32.6 Å². The van der Waals surface area contributed by atoms with Crippen LogP contribution >= 0.6 is 0 Å². The second-order valence-electron chi connectivity index (χ2n) is 4.41. The Kier molecular flexibility index (Phi) is 4.85. The normalized spacial score (nSPS) is 29.8. The van der Waals surface area contributed by atoms with Gasteiger partial charge < -0.3 is 9.47 Å². The highest BCUT2D eigenvalue weighted by molar-refractivity contribution is 4.74. The van der Waals surface area contributed by atoms with Crippen LogP contribution in [0.1, 0.15) is 27.7 Å². The highest BCUT2D eigenvalue weighted by atomic mass is 16.5. The van der Waals surface area contributed by atoms with E-state index < -0.39 is 0 Å².